The van der Waals surface area contributed by atoms with E-state index in [2.05, 4.69) is 4.74 Å². The lowest BCUT2D eigenvalue weighted by atomic mass is 10.0. The van der Waals surface area contributed by atoms with Crippen LogP contribution in [0.15, 0.2) is 53.4 Å². The highest BCUT2D eigenvalue weighted by Crippen LogP contribution is 2.42. The molecular formula is C17H12F3NO5S. The van der Waals surface area contributed by atoms with Gasteiger partial charge in [0.15, 0.2) is 5.78 Å². The van der Waals surface area contributed by atoms with E-state index in [9.17, 15) is 31.2 Å². The fourth-order valence-electron chi connectivity index (χ4n) is 2.88. The van der Waals surface area contributed by atoms with E-state index in [4.69, 9.17) is 0 Å². The fourth-order valence-corrected chi connectivity index (χ4v) is 4.67. The van der Waals surface area contributed by atoms with E-state index < -0.39 is 50.1 Å². The van der Waals surface area contributed by atoms with Crippen LogP contribution < -0.4 is 4.31 Å². The Balaban J connectivity index is 2.37. The molecule has 6 nitrogen and oxygen atoms in total. The minimum absolute atomic E-state index is 0.187. The molecule has 1 unspecified atom stereocenters. The summed E-state index contributed by atoms with van der Waals surface area (Å²) in [6.45, 7) is 0. The van der Waals surface area contributed by atoms with Crippen LogP contribution in [0.4, 0.5) is 18.9 Å². The van der Waals surface area contributed by atoms with Crippen molar-refractivity contribution in [2.45, 2.75) is 17.1 Å². The zero-order chi connectivity index (χ0) is 20.0. The summed E-state index contributed by atoms with van der Waals surface area (Å²) in [7, 11) is -3.73. The molecule has 0 aliphatic carbocycles. The van der Waals surface area contributed by atoms with Crippen LogP contribution in [0.1, 0.15) is 15.9 Å². The quantitative estimate of drug-likeness (QED) is 0.573. The molecule has 1 heterocycles. The minimum atomic E-state index is -4.91. The molecule has 10 heteroatoms. The average Bonchev–Trinajstić information content (AvgIpc) is 2.63. The summed E-state index contributed by atoms with van der Waals surface area (Å²) < 4.78 is 71.1. The third-order valence-electron chi connectivity index (χ3n) is 4.04. The number of carbonyl (C=O) groups excluding carboxylic acids is 2. The molecule has 1 aliphatic heterocycles. The average molecular weight is 399 g/mol. The Morgan fingerprint density at radius 3 is 2.30 bits per heavy atom. The molecule has 2 aromatic rings. The Morgan fingerprint density at radius 2 is 1.67 bits per heavy atom. The van der Waals surface area contributed by atoms with Gasteiger partial charge in [-0.3, -0.25) is 4.79 Å². The van der Waals surface area contributed by atoms with Gasteiger partial charge in [-0.25, -0.2) is 17.5 Å². The van der Waals surface area contributed by atoms with Crippen molar-refractivity contribution in [2.75, 3.05) is 11.4 Å². The van der Waals surface area contributed by atoms with E-state index in [-0.39, 0.29) is 9.87 Å². The summed E-state index contributed by atoms with van der Waals surface area (Å²) >= 11 is 0. The van der Waals surface area contributed by atoms with Gasteiger partial charge in [-0.1, -0.05) is 24.3 Å². The van der Waals surface area contributed by atoms with Crippen molar-refractivity contribution in [3.8, 4) is 0 Å². The van der Waals surface area contributed by atoms with Crippen LogP contribution in [0, 0.1) is 0 Å². The Kier molecular flexibility index (Phi) is 4.46. The Bertz CT molecular complexity index is 1030. The molecule has 3 rings (SSSR count). The van der Waals surface area contributed by atoms with Gasteiger partial charge in [0.25, 0.3) is 10.0 Å². The van der Waals surface area contributed by atoms with Gasteiger partial charge in [0.1, 0.15) is 0 Å². The number of methoxy groups -OCH3 is 1. The Labute approximate surface area is 152 Å². The van der Waals surface area contributed by atoms with E-state index in [0.717, 1.165) is 25.3 Å². The van der Waals surface area contributed by atoms with Gasteiger partial charge in [0.05, 0.1) is 23.3 Å². The largest absolute Gasteiger partial charge is 0.467 e. The maximum absolute atomic E-state index is 13.4. The number of ketones is 1. The number of rotatable bonds is 2. The van der Waals surface area contributed by atoms with Crippen LogP contribution in [-0.4, -0.2) is 33.3 Å². The number of Topliss-reactive ketones (excluding diaryl/α,β-unsaturated/α-hetero) is 1. The second kappa shape index (κ2) is 6.38. The molecule has 0 aromatic heterocycles. The van der Waals surface area contributed by atoms with Gasteiger partial charge >= 0.3 is 12.1 Å². The molecule has 0 bridgehead atoms. The molecule has 0 saturated heterocycles. The first-order valence-electron chi connectivity index (χ1n) is 7.52. The van der Waals surface area contributed by atoms with Gasteiger partial charge in [0.2, 0.25) is 6.04 Å². The number of nitrogens with zero attached hydrogens (tertiary/aromatic N) is 1. The highest BCUT2D eigenvalue weighted by atomic mass is 32.2. The number of alkyl halides is 3. The molecule has 27 heavy (non-hydrogen) atoms. The summed E-state index contributed by atoms with van der Waals surface area (Å²) in [4.78, 5) is 24.5. The first-order valence-corrected chi connectivity index (χ1v) is 8.96. The van der Waals surface area contributed by atoms with E-state index >= 15 is 0 Å². The van der Waals surface area contributed by atoms with Crippen molar-refractivity contribution >= 4 is 27.5 Å². The molecule has 0 N–H and O–H groups in total. The second-order valence-electron chi connectivity index (χ2n) is 5.60. The molecule has 2 aromatic carbocycles. The van der Waals surface area contributed by atoms with Crippen molar-refractivity contribution in [1.29, 1.82) is 0 Å². The van der Waals surface area contributed by atoms with Crippen LogP contribution in [-0.2, 0) is 25.7 Å². The third kappa shape index (κ3) is 2.95. The van der Waals surface area contributed by atoms with Crippen LogP contribution in [0.2, 0.25) is 0 Å². The lowest BCUT2D eigenvalue weighted by Crippen LogP contribution is -2.54. The first kappa shape index (κ1) is 18.9. The van der Waals surface area contributed by atoms with E-state index in [1.807, 2.05) is 0 Å². The zero-order valence-electron chi connectivity index (χ0n) is 13.7. The van der Waals surface area contributed by atoms with Crippen LogP contribution >= 0.6 is 0 Å². The molecule has 1 atom stereocenters. The SMILES string of the molecule is COC(=O)C1C(=O)c2ccccc2S(=O)(=O)N1c1ccccc1C(F)(F)F. The molecule has 0 fully saturated rings. The zero-order valence-corrected chi connectivity index (χ0v) is 14.5. The molecule has 1 aliphatic rings. The van der Waals surface area contributed by atoms with Crippen LogP contribution in [0.3, 0.4) is 0 Å². The van der Waals surface area contributed by atoms with E-state index in [1.165, 1.54) is 24.3 Å². The molecule has 0 amide bonds. The Morgan fingerprint density at radius 1 is 1.07 bits per heavy atom. The number of benzene rings is 2. The normalized spacial score (nSPS) is 18.7. The lowest BCUT2D eigenvalue weighted by Gasteiger charge is -2.35. The van der Waals surface area contributed by atoms with Gasteiger partial charge in [0, 0.05) is 5.56 Å². The fraction of sp³-hybridized carbons (Fsp3) is 0.176. The highest BCUT2D eigenvalue weighted by molar-refractivity contribution is 7.93. The molecular weight excluding hydrogens is 387 g/mol. The smallest absolute Gasteiger partial charge is 0.418 e. The maximum Gasteiger partial charge on any atom is 0.418 e. The number of ether oxygens (including phenoxy) is 1. The number of halogens is 3. The predicted molar refractivity (Wildman–Crippen MR) is 87.7 cm³/mol. The van der Waals surface area contributed by atoms with Crippen molar-refractivity contribution < 1.29 is 35.9 Å². The highest BCUT2D eigenvalue weighted by Gasteiger charge is 2.50. The topological polar surface area (TPSA) is 80.8 Å². The van der Waals surface area contributed by atoms with Gasteiger partial charge in [-0.2, -0.15) is 13.2 Å². The van der Waals surface area contributed by atoms with E-state index in [1.54, 1.807) is 0 Å². The summed E-state index contributed by atoms with van der Waals surface area (Å²) in [6.07, 6.45) is -4.91. The summed E-state index contributed by atoms with van der Waals surface area (Å²) in [5.41, 5.74) is -2.41. The lowest BCUT2D eigenvalue weighted by molar-refractivity contribution is -0.141. The van der Waals surface area contributed by atoms with Gasteiger partial charge in [-0.05, 0) is 24.3 Å². The number of hydrogen-bond acceptors (Lipinski definition) is 5. The monoisotopic (exact) mass is 399 g/mol. The number of para-hydroxylation sites is 1. The van der Waals surface area contributed by atoms with Crippen molar-refractivity contribution in [3.05, 3.63) is 59.7 Å². The number of hydrogen-bond donors (Lipinski definition) is 0. The summed E-state index contributed by atoms with van der Waals surface area (Å²) in [5, 5.41) is 0. The van der Waals surface area contributed by atoms with Crippen molar-refractivity contribution in [2.24, 2.45) is 0 Å². The third-order valence-corrected chi connectivity index (χ3v) is 5.88. The Hall–Kier alpha value is -2.88. The van der Waals surface area contributed by atoms with Crippen molar-refractivity contribution in [3.63, 3.8) is 0 Å². The number of anilines is 1. The molecule has 142 valence electrons. The van der Waals surface area contributed by atoms with Crippen LogP contribution in [0.25, 0.3) is 0 Å². The first-order chi connectivity index (χ1) is 12.6. The predicted octanol–water partition coefficient (Wildman–Crippen LogP) is 2.64. The molecule has 0 saturated carbocycles. The standard InChI is InChI=1S/C17H12F3NO5S/c1-26-16(23)14-15(22)10-6-2-5-9-13(10)27(24,25)21(14)12-8-4-3-7-11(12)17(18,19)20/h2-9,14H,1H3. The minimum Gasteiger partial charge on any atom is -0.467 e. The van der Waals surface area contributed by atoms with Gasteiger partial charge in [-0.15, -0.1) is 0 Å². The maximum atomic E-state index is 13.4. The number of fused-ring (bicyclic) bond motifs is 1. The second-order valence-corrected chi connectivity index (χ2v) is 7.39. The van der Waals surface area contributed by atoms with E-state index in [0.29, 0.717) is 6.07 Å². The summed E-state index contributed by atoms with van der Waals surface area (Å²) in [6, 6.07) is 6.72. The number of esters is 1. The van der Waals surface area contributed by atoms with Gasteiger partial charge < -0.3 is 4.74 Å². The number of carbonyl (C=O) groups is 2. The molecule has 0 spiro atoms. The number of sulfonamides is 1. The molecule has 0 radical (unpaired) electrons. The van der Waals surface area contributed by atoms with Crippen LogP contribution in [0.5, 0.6) is 0 Å². The summed E-state index contributed by atoms with van der Waals surface area (Å²) in [5.74, 6) is -2.25. The van der Waals surface area contributed by atoms with Crippen molar-refractivity contribution in [1.82, 2.24) is 0 Å².